The van der Waals surface area contributed by atoms with Gasteiger partial charge in [-0.2, -0.15) is 0 Å². The van der Waals surface area contributed by atoms with E-state index in [1.54, 1.807) is 6.20 Å². The van der Waals surface area contributed by atoms with Crippen molar-refractivity contribution in [1.29, 1.82) is 0 Å². The summed E-state index contributed by atoms with van der Waals surface area (Å²) >= 11 is 1.53. The maximum absolute atomic E-state index is 5.76. The van der Waals surface area contributed by atoms with Gasteiger partial charge >= 0.3 is 0 Å². The normalized spacial score (nSPS) is 10.8. The maximum atomic E-state index is 5.76. The molecule has 5 heteroatoms. The molecule has 0 saturated carbocycles. The Balaban J connectivity index is 1.74. The molecule has 1 aromatic carbocycles. The Morgan fingerprint density at radius 2 is 2.21 bits per heavy atom. The van der Waals surface area contributed by atoms with Crippen LogP contribution in [0.2, 0.25) is 0 Å². The van der Waals surface area contributed by atoms with Crippen LogP contribution in [-0.2, 0) is 6.61 Å². The second-order valence-corrected chi connectivity index (χ2v) is 4.82. The molecule has 0 aliphatic heterocycles. The summed E-state index contributed by atoms with van der Waals surface area (Å²) in [5.74, 6) is 0.844. The summed E-state index contributed by atoms with van der Waals surface area (Å²) in [6, 6.07) is 9.88. The number of nitrogens with one attached hydrogen (secondary N) is 1. The van der Waals surface area contributed by atoms with Crippen LogP contribution < -0.4 is 4.74 Å². The van der Waals surface area contributed by atoms with Crippen LogP contribution in [0.25, 0.3) is 10.9 Å². The van der Waals surface area contributed by atoms with Gasteiger partial charge in [-0.25, -0.2) is 9.97 Å². The molecule has 19 heavy (non-hydrogen) atoms. The average molecular weight is 271 g/mol. The number of nitrogens with zero attached hydrogens (tertiary/aromatic N) is 2. The Morgan fingerprint density at radius 1 is 1.26 bits per heavy atom. The molecule has 0 aliphatic rings. The van der Waals surface area contributed by atoms with E-state index < -0.39 is 0 Å². The molecule has 1 N–H and O–H groups in total. The molecule has 96 valence electrons. The van der Waals surface area contributed by atoms with Crippen LogP contribution in [0.15, 0.2) is 47.9 Å². The first-order valence-corrected chi connectivity index (χ1v) is 7.13. The highest BCUT2D eigenvalue weighted by Gasteiger charge is 2.01. The van der Waals surface area contributed by atoms with Crippen LogP contribution in [-0.4, -0.2) is 21.2 Å². The zero-order valence-corrected chi connectivity index (χ0v) is 11.3. The molecule has 3 aromatic rings. The Bertz CT molecular complexity index is 696. The van der Waals surface area contributed by atoms with Gasteiger partial charge in [0, 0.05) is 23.3 Å². The lowest BCUT2D eigenvalue weighted by Crippen LogP contribution is -1.99. The van der Waals surface area contributed by atoms with E-state index in [4.69, 9.17) is 4.74 Å². The summed E-state index contributed by atoms with van der Waals surface area (Å²) in [6.07, 6.45) is 5.64. The molecular weight excluding hydrogens is 258 g/mol. The van der Waals surface area contributed by atoms with Crippen molar-refractivity contribution in [3.8, 4) is 5.75 Å². The Morgan fingerprint density at radius 3 is 3.11 bits per heavy atom. The SMILES string of the molecule is CSc1nccc(COc2ccc3[nH]ccc3c2)n1. The zero-order valence-electron chi connectivity index (χ0n) is 10.5. The highest BCUT2D eigenvalue weighted by Crippen LogP contribution is 2.20. The van der Waals surface area contributed by atoms with Gasteiger partial charge in [0.15, 0.2) is 5.16 Å². The zero-order chi connectivity index (χ0) is 13.1. The molecule has 4 nitrogen and oxygen atoms in total. The predicted octanol–water partition coefficient (Wildman–Crippen LogP) is 3.26. The number of H-pyrrole nitrogens is 1. The number of fused-ring (bicyclic) bond motifs is 1. The van der Waals surface area contributed by atoms with Gasteiger partial charge in [0.05, 0.1) is 5.69 Å². The smallest absolute Gasteiger partial charge is 0.187 e. The second-order valence-electron chi connectivity index (χ2n) is 4.05. The van der Waals surface area contributed by atoms with Crippen LogP contribution in [0.4, 0.5) is 0 Å². The van der Waals surface area contributed by atoms with Crippen molar-refractivity contribution in [3.63, 3.8) is 0 Å². The maximum Gasteiger partial charge on any atom is 0.187 e. The number of aromatic nitrogens is 3. The quantitative estimate of drug-likeness (QED) is 0.584. The number of ether oxygens (including phenoxy) is 1. The van der Waals surface area contributed by atoms with Crippen molar-refractivity contribution in [1.82, 2.24) is 15.0 Å². The molecule has 0 saturated heterocycles. The molecule has 3 rings (SSSR count). The lowest BCUT2D eigenvalue weighted by Gasteiger charge is -2.06. The first-order valence-electron chi connectivity index (χ1n) is 5.91. The molecule has 0 radical (unpaired) electrons. The van der Waals surface area contributed by atoms with E-state index in [2.05, 4.69) is 15.0 Å². The van der Waals surface area contributed by atoms with Crippen molar-refractivity contribution < 1.29 is 4.74 Å². The van der Waals surface area contributed by atoms with Gasteiger partial charge in [-0.15, -0.1) is 0 Å². The summed E-state index contributed by atoms with van der Waals surface area (Å²) in [4.78, 5) is 11.7. The summed E-state index contributed by atoms with van der Waals surface area (Å²) in [7, 11) is 0. The number of rotatable bonds is 4. The average Bonchev–Trinajstić information content (AvgIpc) is 2.93. The standard InChI is InChI=1S/C14H13N3OS/c1-19-14-16-7-5-11(17-14)9-18-12-2-3-13-10(8-12)4-6-15-13/h2-8,15H,9H2,1H3. The first kappa shape index (κ1) is 12.0. The third-order valence-corrected chi connectivity index (χ3v) is 3.35. The second kappa shape index (κ2) is 5.32. The summed E-state index contributed by atoms with van der Waals surface area (Å²) in [5.41, 5.74) is 1.99. The molecular formula is C14H13N3OS. The van der Waals surface area contributed by atoms with Gasteiger partial charge in [-0.05, 0) is 36.6 Å². The lowest BCUT2D eigenvalue weighted by molar-refractivity contribution is 0.300. The minimum atomic E-state index is 0.450. The number of hydrogen-bond acceptors (Lipinski definition) is 4. The Hall–Kier alpha value is -2.01. The van der Waals surface area contributed by atoms with E-state index >= 15 is 0 Å². The molecule has 0 amide bonds. The summed E-state index contributed by atoms with van der Waals surface area (Å²) in [6.45, 7) is 0.450. The van der Waals surface area contributed by atoms with E-state index in [0.717, 1.165) is 27.5 Å². The molecule has 0 spiro atoms. The van der Waals surface area contributed by atoms with E-state index in [1.165, 1.54) is 11.8 Å². The minimum Gasteiger partial charge on any atom is -0.487 e. The molecule has 0 fully saturated rings. The number of benzene rings is 1. The van der Waals surface area contributed by atoms with Crippen LogP contribution >= 0.6 is 11.8 Å². The first-order chi connectivity index (χ1) is 9.35. The third kappa shape index (κ3) is 2.71. The molecule has 0 unspecified atom stereocenters. The van der Waals surface area contributed by atoms with Gasteiger partial charge in [0.2, 0.25) is 0 Å². The summed E-state index contributed by atoms with van der Waals surface area (Å²) < 4.78 is 5.76. The van der Waals surface area contributed by atoms with Gasteiger partial charge < -0.3 is 9.72 Å². The fourth-order valence-electron chi connectivity index (χ4n) is 1.83. The van der Waals surface area contributed by atoms with E-state index in [1.807, 2.05) is 42.8 Å². The van der Waals surface area contributed by atoms with Crippen molar-refractivity contribution in [2.75, 3.05) is 6.26 Å². The largest absolute Gasteiger partial charge is 0.487 e. The fraction of sp³-hybridized carbons (Fsp3) is 0.143. The van der Waals surface area contributed by atoms with Crippen molar-refractivity contribution in [2.24, 2.45) is 0 Å². The number of hydrogen-bond donors (Lipinski definition) is 1. The van der Waals surface area contributed by atoms with Crippen LogP contribution in [0.5, 0.6) is 5.75 Å². The highest BCUT2D eigenvalue weighted by atomic mass is 32.2. The number of thioether (sulfide) groups is 1. The lowest BCUT2D eigenvalue weighted by atomic mass is 10.2. The fourth-order valence-corrected chi connectivity index (χ4v) is 2.21. The van der Waals surface area contributed by atoms with Gasteiger partial charge in [0.25, 0.3) is 0 Å². The van der Waals surface area contributed by atoms with E-state index in [-0.39, 0.29) is 0 Å². The number of aromatic amines is 1. The van der Waals surface area contributed by atoms with Gasteiger partial charge in [0.1, 0.15) is 12.4 Å². The van der Waals surface area contributed by atoms with Gasteiger partial charge in [-0.3, -0.25) is 0 Å². The molecule has 2 aromatic heterocycles. The van der Waals surface area contributed by atoms with Crippen LogP contribution in [0, 0.1) is 0 Å². The summed E-state index contributed by atoms with van der Waals surface area (Å²) in [5, 5.41) is 1.91. The Kier molecular flexibility index (Phi) is 3.37. The van der Waals surface area contributed by atoms with Crippen molar-refractivity contribution in [2.45, 2.75) is 11.8 Å². The molecule has 0 aliphatic carbocycles. The minimum absolute atomic E-state index is 0.450. The molecule has 0 atom stereocenters. The Labute approximate surface area is 115 Å². The van der Waals surface area contributed by atoms with E-state index in [9.17, 15) is 0 Å². The van der Waals surface area contributed by atoms with Crippen LogP contribution in [0.1, 0.15) is 5.69 Å². The monoisotopic (exact) mass is 271 g/mol. The van der Waals surface area contributed by atoms with Gasteiger partial charge in [-0.1, -0.05) is 11.8 Å². The van der Waals surface area contributed by atoms with Crippen molar-refractivity contribution in [3.05, 3.63) is 48.4 Å². The molecule has 2 heterocycles. The molecule has 0 bridgehead atoms. The van der Waals surface area contributed by atoms with Crippen LogP contribution in [0.3, 0.4) is 0 Å². The topological polar surface area (TPSA) is 50.8 Å². The van der Waals surface area contributed by atoms with E-state index in [0.29, 0.717) is 6.61 Å². The third-order valence-electron chi connectivity index (χ3n) is 2.79. The predicted molar refractivity (Wildman–Crippen MR) is 76.4 cm³/mol. The van der Waals surface area contributed by atoms with Crippen molar-refractivity contribution >= 4 is 22.7 Å². The highest BCUT2D eigenvalue weighted by molar-refractivity contribution is 7.98.